The van der Waals surface area contributed by atoms with Crippen LogP contribution in [-0.4, -0.2) is 39.4 Å². The SMILES string of the molecule is Cc1ccc(NC(=O)C2CCN(C(=O)c3ncn4c3CO[C@@H](c3ccc(F)cc3)C4)CC2)cc1C. The van der Waals surface area contributed by atoms with Gasteiger partial charge >= 0.3 is 0 Å². The summed E-state index contributed by atoms with van der Waals surface area (Å²) in [4.78, 5) is 32.1. The van der Waals surface area contributed by atoms with Crippen molar-refractivity contribution in [3.8, 4) is 0 Å². The zero-order valence-electron chi connectivity index (χ0n) is 20.0. The predicted octanol–water partition coefficient (Wildman–Crippen LogP) is 4.40. The predicted molar refractivity (Wildman–Crippen MR) is 129 cm³/mol. The number of aryl methyl sites for hydroxylation is 2. The normalized spacial score (nSPS) is 18.3. The summed E-state index contributed by atoms with van der Waals surface area (Å²) in [6.45, 7) is 5.86. The number of likely N-dealkylation sites (tertiary alicyclic amines) is 1. The lowest BCUT2D eigenvalue weighted by Crippen LogP contribution is -2.42. The fraction of sp³-hybridized carbons (Fsp3) is 0.370. The average Bonchev–Trinajstić information content (AvgIpc) is 3.29. The Morgan fingerprint density at radius 3 is 2.51 bits per heavy atom. The van der Waals surface area contributed by atoms with E-state index < -0.39 is 0 Å². The Bertz CT molecular complexity index is 1250. The van der Waals surface area contributed by atoms with Crippen LogP contribution in [0.3, 0.4) is 0 Å². The summed E-state index contributed by atoms with van der Waals surface area (Å²) >= 11 is 0. The van der Waals surface area contributed by atoms with Gasteiger partial charge in [-0.05, 0) is 67.6 Å². The monoisotopic (exact) mass is 476 g/mol. The third-order valence-corrected chi connectivity index (χ3v) is 7.10. The number of ether oxygens (including phenoxy) is 1. The number of nitrogens with zero attached hydrogens (tertiary/aromatic N) is 3. The number of halogens is 1. The number of hydrogen-bond donors (Lipinski definition) is 1. The molecule has 5 rings (SSSR count). The summed E-state index contributed by atoms with van der Waals surface area (Å²) in [5.41, 5.74) is 5.18. The van der Waals surface area contributed by atoms with Crippen molar-refractivity contribution in [2.75, 3.05) is 18.4 Å². The number of fused-ring (bicyclic) bond motifs is 1. The molecule has 1 atom stereocenters. The maximum atomic E-state index is 13.2. The molecule has 35 heavy (non-hydrogen) atoms. The number of carbonyl (C=O) groups is 2. The second kappa shape index (κ2) is 9.62. The lowest BCUT2D eigenvalue weighted by molar-refractivity contribution is -0.121. The first-order valence-corrected chi connectivity index (χ1v) is 12.0. The van der Waals surface area contributed by atoms with E-state index in [9.17, 15) is 14.0 Å². The molecule has 2 amide bonds. The first-order chi connectivity index (χ1) is 16.9. The largest absolute Gasteiger partial charge is 0.365 e. The number of amides is 2. The molecule has 8 heteroatoms. The van der Waals surface area contributed by atoms with Gasteiger partial charge in [0.05, 0.1) is 25.2 Å². The van der Waals surface area contributed by atoms with Gasteiger partial charge < -0.3 is 19.5 Å². The highest BCUT2D eigenvalue weighted by molar-refractivity contribution is 5.95. The molecule has 0 saturated carbocycles. The number of rotatable bonds is 4. The van der Waals surface area contributed by atoms with Crippen molar-refractivity contribution >= 4 is 17.5 Å². The number of nitrogens with one attached hydrogen (secondary N) is 1. The van der Waals surface area contributed by atoms with Crippen molar-refractivity contribution in [2.24, 2.45) is 5.92 Å². The molecular formula is C27H29FN4O3. The van der Waals surface area contributed by atoms with Crippen LogP contribution >= 0.6 is 0 Å². The van der Waals surface area contributed by atoms with Crippen LogP contribution in [-0.2, 0) is 22.7 Å². The Labute approximate surface area is 203 Å². The minimum atomic E-state index is -0.285. The number of hydrogen-bond acceptors (Lipinski definition) is 4. The highest BCUT2D eigenvalue weighted by Gasteiger charge is 2.32. The van der Waals surface area contributed by atoms with E-state index in [1.165, 1.54) is 17.7 Å². The van der Waals surface area contributed by atoms with E-state index in [0.29, 0.717) is 38.2 Å². The Morgan fingerprint density at radius 2 is 1.80 bits per heavy atom. The number of carbonyl (C=O) groups excluding carboxylic acids is 2. The minimum Gasteiger partial charge on any atom is -0.365 e. The van der Waals surface area contributed by atoms with Crippen molar-refractivity contribution < 1.29 is 18.7 Å². The van der Waals surface area contributed by atoms with E-state index in [2.05, 4.69) is 10.3 Å². The van der Waals surface area contributed by atoms with Crippen LogP contribution in [0, 0.1) is 25.6 Å². The van der Waals surface area contributed by atoms with Crippen LogP contribution in [0.15, 0.2) is 48.8 Å². The molecule has 182 valence electrons. The second-order valence-corrected chi connectivity index (χ2v) is 9.40. The fourth-order valence-corrected chi connectivity index (χ4v) is 4.74. The van der Waals surface area contributed by atoms with Crippen LogP contribution in [0.1, 0.15) is 51.8 Å². The fourth-order valence-electron chi connectivity index (χ4n) is 4.74. The van der Waals surface area contributed by atoms with Gasteiger partial charge in [0.15, 0.2) is 5.69 Å². The van der Waals surface area contributed by atoms with Gasteiger partial charge in [-0.2, -0.15) is 0 Å². The summed E-state index contributed by atoms with van der Waals surface area (Å²) in [5, 5.41) is 3.02. The smallest absolute Gasteiger partial charge is 0.274 e. The van der Waals surface area contributed by atoms with E-state index in [1.807, 2.05) is 36.6 Å². The van der Waals surface area contributed by atoms with Crippen molar-refractivity contribution in [1.82, 2.24) is 14.5 Å². The molecular weight excluding hydrogens is 447 g/mol. The Morgan fingerprint density at radius 1 is 1.06 bits per heavy atom. The van der Waals surface area contributed by atoms with Gasteiger partial charge in [-0.15, -0.1) is 0 Å². The molecule has 1 aromatic heterocycles. The summed E-state index contributed by atoms with van der Waals surface area (Å²) in [7, 11) is 0. The standard InChI is InChI=1S/C27H29FN4O3/c1-17-3-8-22(13-18(17)2)30-26(33)20-9-11-31(12-10-20)27(34)25-23-15-35-24(14-32(23)16-29-25)19-4-6-21(28)7-5-19/h3-8,13,16,20,24H,9-12,14-15H2,1-2H3,(H,30,33)/t24-/m1/s1. The Balaban J connectivity index is 1.18. The van der Waals surface area contributed by atoms with E-state index >= 15 is 0 Å². The molecule has 1 saturated heterocycles. The molecule has 7 nitrogen and oxygen atoms in total. The number of aromatic nitrogens is 2. The second-order valence-electron chi connectivity index (χ2n) is 9.40. The van der Waals surface area contributed by atoms with Gasteiger partial charge in [-0.25, -0.2) is 9.37 Å². The molecule has 3 heterocycles. The molecule has 0 aliphatic carbocycles. The maximum Gasteiger partial charge on any atom is 0.274 e. The summed E-state index contributed by atoms with van der Waals surface area (Å²) < 4.78 is 21.2. The maximum absolute atomic E-state index is 13.2. The number of benzene rings is 2. The first kappa shape index (κ1) is 23.2. The average molecular weight is 477 g/mol. The molecule has 3 aromatic rings. The van der Waals surface area contributed by atoms with Gasteiger partial charge in [0.2, 0.25) is 5.91 Å². The number of anilines is 1. The van der Waals surface area contributed by atoms with E-state index in [-0.39, 0.29) is 36.3 Å². The zero-order chi connectivity index (χ0) is 24.5. The van der Waals surface area contributed by atoms with Crippen LogP contribution in [0.5, 0.6) is 0 Å². The Kier molecular flexibility index (Phi) is 6.38. The lowest BCUT2D eigenvalue weighted by atomic mass is 9.95. The van der Waals surface area contributed by atoms with Crippen molar-refractivity contribution in [3.63, 3.8) is 0 Å². The third-order valence-electron chi connectivity index (χ3n) is 7.10. The molecule has 1 N–H and O–H groups in total. The summed E-state index contributed by atoms with van der Waals surface area (Å²) in [6.07, 6.45) is 2.68. The van der Waals surface area contributed by atoms with E-state index in [0.717, 1.165) is 22.5 Å². The van der Waals surface area contributed by atoms with Gasteiger partial charge in [0.25, 0.3) is 5.91 Å². The van der Waals surface area contributed by atoms with Crippen molar-refractivity contribution in [1.29, 1.82) is 0 Å². The van der Waals surface area contributed by atoms with Gasteiger partial charge in [0, 0.05) is 24.7 Å². The third kappa shape index (κ3) is 4.84. The van der Waals surface area contributed by atoms with Gasteiger partial charge in [-0.3, -0.25) is 9.59 Å². The molecule has 0 unspecified atom stereocenters. The summed E-state index contributed by atoms with van der Waals surface area (Å²) in [6, 6.07) is 12.2. The zero-order valence-corrected chi connectivity index (χ0v) is 20.0. The topological polar surface area (TPSA) is 76.5 Å². The van der Waals surface area contributed by atoms with Gasteiger partial charge in [-0.1, -0.05) is 18.2 Å². The number of piperidine rings is 1. The first-order valence-electron chi connectivity index (χ1n) is 12.0. The Hall–Kier alpha value is -3.52. The molecule has 1 fully saturated rings. The lowest BCUT2D eigenvalue weighted by Gasteiger charge is -2.31. The quantitative estimate of drug-likeness (QED) is 0.606. The molecule has 0 spiro atoms. The highest BCUT2D eigenvalue weighted by atomic mass is 19.1. The van der Waals surface area contributed by atoms with Gasteiger partial charge in [0.1, 0.15) is 11.9 Å². The van der Waals surface area contributed by atoms with E-state index in [4.69, 9.17) is 4.74 Å². The molecule has 2 aromatic carbocycles. The molecule has 0 bridgehead atoms. The number of imidazole rings is 1. The van der Waals surface area contributed by atoms with E-state index in [1.54, 1.807) is 23.4 Å². The van der Waals surface area contributed by atoms with Crippen molar-refractivity contribution in [3.05, 3.63) is 82.7 Å². The molecule has 2 aliphatic rings. The van der Waals surface area contributed by atoms with Crippen LogP contribution < -0.4 is 5.32 Å². The van der Waals surface area contributed by atoms with Crippen LogP contribution in [0.2, 0.25) is 0 Å². The summed E-state index contributed by atoms with van der Waals surface area (Å²) in [5.74, 6) is -0.542. The molecule has 0 radical (unpaired) electrons. The van der Waals surface area contributed by atoms with Crippen LogP contribution in [0.4, 0.5) is 10.1 Å². The van der Waals surface area contributed by atoms with Crippen molar-refractivity contribution in [2.45, 2.75) is 45.9 Å². The highest BCUT2D eigenvalue weighted by Crippen LogP contribution is 2.29. The van der Waals surface area contributed by atoms with Crippen LogP contribution in [0.25, 0.3) is 0 Å². The minimum absolute atomic E-state index is 0.0000389. The molecule has 2 aliphatic heterocycles.